The van der Waals surface area contributed by atoms with E-state index in [4.69, 9.17) is 4.84 Å². The van der Waals surface area contributed by atoms with Crippen LogP contribution in [0.25, 0.3) is 0 Å². The molecule has 0 unspecified atom stereocenters. The van der Waals surface area contributed by atoms with Crippen LogP contribution >= 0.6 is 0 Å². The molecule has 2 nitrogen and oxygen atoms in total. The zero-order valence-corrected chi connectivity index (χ0v) is 7.14. The van der Waals surface area contributed by atoms with E-state index >= 15 is 0 Å². The van der Waals surface area contributed by atoms with Gasteiger partial charge < -0.3 is 0 Å². The van der Waals surface area contributed by atoms with E-state index in [1.165, 1.54) is 5.57 Å². The van der Waals surface area contributed by atoms with Gasteiger partial charge in [-0.1, -0.05) is 11.6 Å². The van der Waals surface area contributed by atoms with Gasteiger partial charge >= 0.3 is 0 Å². The second-order valence-electron chi connectivity index (χ2n) is 2.51. The minimum atomic E-state index is 1.13. The van der Waals surface area contributed by atoms with Gasteiger partial charge in [0.05, 0.1) is 7.11 Å². The zero-order valence-electron chi connectivity index (χ0n) is 7.14. The van der Waals surface area contributed by atoms with E-state index in [9.17, 15) is 0 Å². The highest BCUT2D eigenvalue weighted by molar-refractivity contribution is 5.09. The van der Waals surface area contributed by atoms with Crippen molar-refractivity contribution in [2.75, 3.05) is 7.11 Å². The van der Waals surface area contributed by atoms with Crippen LogP contribution in [0.15, 0.2) is 23.4 Å². The average molecular weight is 142 g/mol. The molecular weight excluding hydrogens is 126 g/mol. The fourth-order valence-corrected chi connectivity index (χ4v) is 0.523. The highest BCUT2D eigenvalue weighted by Crippen LogP contribution is 1.89. The molecule has 0 aliphatic carbocycles. The van der Waals surface area contributed by atoms with Crippen LogP contribution in [0.1, 0.15) is 20.8 Å². The van der Waals surface area contributed by atoms with E-state index in [-0.39, 0.29) is 0 Å². The second-order valence-corrected chi connectivity index (χ2v) is 2.51. The van der Waals surface area contributed by atoms with Crippen molar-refractivity contribution >= 4 is 0 Å². The minimum Gasteiger partial charge on any atom is -0.205 e. The van der Waals surface area contributed by atoms with Gasteiger partial charge in [-0.2, -0.15) is 5.48 Å². The molecule has 0 aromatic carbocycles. The van der Waals surface area contributed by atoms with Crippen LogP contribution in [0.3, 0.4) is 0 Å². The van der Waals surface area contributed by atoms with Crippen LogP contribution in [0.5, 0.6) is 0 Å². The molecule has 0 heterocycles. The summed E-state index contributed by atoms with van der Waals surface area (Å²) < 4.78 is 0. The van der Waals surface area contributed by atoms with Gasteiger partial charge in [0.2, 0.25) is 0 Å². The molecule has 10 heavy (non-hydrogen) atoms. The largest absolute Gasteiger partial charge is 0.205 e. The average Bonchev–Trinajstić information content (AvgIpc) is 1.85. The fourth-order valence-electron chi connectivity index (χ4n) is 0.523. The van der Waals surface area contributed by atoms with Gasteiger partial charge in [-0.15, -0.1) is 0 Å². The molecule has 0 atom stereocenters. The van der Waals surface area contributed by atoms with Crippen molar-refractivity contribution in [3.8, 4) is 0 Å². The molecule has 0 saturated carbocycles. The Balaban J connectivity index is 3.79. The number of rotatable bonds is 3. The molecule has 0 spiro atoms. The summed E-state index contributed by atoms with van der Waals surface area (Å²) in [7, 11) is 1.65. The third-order valence-corrected chi connectivity index (χ3v) is 0.983. The Morgan fingerprint density at radius 1 is 1.20 bits per heavy atom. The molecule has 0 aromatic rings. The monoisotopic (exact) mass is 142 g/mol. The summed E-state index contributed by atoms with van der Waals surface area (Å²) in [4.78, 5) is 4.81. The molecule has 0 bridgehead atoms. The lowest BCUT2D eigenvalue weighted by Crippen LogP contribution is -2.79. The molecule has 0 aromatic heterocycles. The maximum atomic E-state index is 4.81. The molecule has 0 amide bonds. The summed E-state index contributed by atoms with van der Waals surface area (Å²) in [5.41, 5.74) is 4.15. The Morgan fingerprint density at radius 2 is 1.80 bits per heavy atom. The Kier molecular flexibility index (Phi) is 4.89. The third kappa shape index (κ3) is 5.54. The maximum Gasteiger partial charge on any atom is 0.135 e. The van der Waals surface area contributed by atoms with Crippen molar-refractivity contribution in [2.24, 2.45) is 0 Å². The first-order chi connectivity index (χ1) is 4.66. The first-order valence-electron chi connectivity index (χ1n) is 3.34. The quantitative estimate of drug-likeness (QED) is 0.461. The summed E-state index contributed by atoms with van der Waals surface area (Å²) in [6.45, 7) is 6.14. The first kappa shape index (κ1) is 9.40. The topological polar surface area (TPSA) is 25.8 Å². The maximum absolute atomic E-state index is 4.81. The van der Waals surface area contributed by atoms with E-state index in [2.05, 4.69) is 19.9 Å². The Hall–Kier alpha value is -0.600. The van der Waals surface area contributed by atoms with E-state index < -0.39 is 0 Å². The van der Waals surface area contributed by atoms with Crippen molar-refractivity contribution in [3.05, 3.63) is 23.4 Å². The lowest BCUT2D eigenvalue weighted by molar-refractivity contribution is -0.854. The highest BCUT2D eigenvalue weighted by Gasteiger charge is 1.86. The number of nitrogens with two attached hydrogens (primary N) is 1. The van der Waals surface area contributed by atoms with Crippen molar-refractivity contribution in [3.63, 3.8) is 0 Å². The Morgan fingerprint density at radius 3 is 2.20 bits per heavy atom. The number of hydrogen-bond acceptors (Lipinski definition) is 1. The van der Waals surface area contributed by atoms with Crippen LogP contribution in [-0.4, -0.2) is 7.11 Å². The number of allylic oxidation sites excluding steroid dienone is 4. The smallest absolute Gasteiger partial charge is 0.135 e. The molecule has 0 aliphatic rings. The molecule has 0 aliphatic heterocycles. The zero-order chi connectivity index (χ0) is 7.98. The first-order valence-corrected chi connectivity index (χ1v) is 3.34. The van der Waals surface area contributed by atoms with E-state index in [0.29, 0.717) is 0 Å². The minimum absolute atomic E-state index is 1.13. The van der Waals surface area contributed by atoms with Gasteiger partial charge in [0.1, 0.15) is 5.70 Å². The van der Waals surface area contributed by atoms with Gasteiger partial charge in [0, 0.05) is 6.92 Å². The number of quaternary nitrogens is 1. The molecule has 0 rings (SSSR count). The van der Waals surface area contributed by atoms with Gasteiger partial charge in [-0.25, -0.2) is 4.84 Å². The summed E-state index contributed by atoms with van der Waals surface area (Å²) in [6, 6.07) is 0. The van der Waals surface area contributed by atoms with Crippen molar-refractivity contribution < 1.29 is 10.3 Å². The number of hydroxylamine groups is 1. The van der Waals surface area contributed by atoms with Gasteiger partial charge in [0.25, 0.3) is 0 Å². The predicted molar refractivity (Wildman–Crippen MR) is 42.1 cm³/mol. The molecule has 58 valence electrons. The normalized spacial score (nSPS) is 11.4. The lowest BCUT2D eigenvalue weighted by Gasteiger charge is -1.92. The molecule has 2 N–H and O–H groups in total. The number of hydrogen-bond donors (Lipinski definition) is 1. The van der Waals surface area contributed by atoms with Crippen LogP contribution in [0.2, 0.25) is 0 Å². The predicted octanol–water partition coefficient (Wildman–Crippen LogP) is 0.981. The Labute approximate surface area is 62.5 Å². The molecule has 0 saturated heterocycles. The van der Waals surface area contributed by atoms with Crippen LogP contribution < -0.4 is 5.48 Å². The molecular formula is C8H16NO+. The molecule has 0 fully saturated rings. The summed E-state index contributed by atoms with van der Waals surface area (Å²) in [5.74, 6) is 0. The highest BCUT2D eigenvalue weighted by atomic mass is 16.6. The van der Waals surface area contributed by atoms with Crippen molar-refractivity contribution in [1.82, 2.24) is 0 Å². The SMILES string of the molecule is CO[NH2+]/C(C)=C\C=C(C)C. The summed E-state index contributed by atoms with van der Waals surface area (Å²) in [5, 5.41) is 0. The van der Waals surface area contributed by atoms with Gasteiger partial charge in [-0.05, 0) is 19.9 Å². The van der Waals surface area contributed by atoms with Crippen molar-refractivity contribution in [2.45, 2.75) is 20.8 Å². The van der Waals surface area contributed by atoms with Gasteiger partial charge in [0.15, 0.2) is 0 Å². The second kappa shape index (κ2) is 5.21. The summed E-state index contributed by atoms with van der Waals surface area (Å²) in [6.07, 6.45) is 4.09. The Bertz CT molecular complexity index is 143. The molecule has 2 heteroatoms. The van der Waals surface area contributed by atoms with Crippen LogP contribution in [0.4, 0.5) is 0 Å². The standard InChI is InChI=1S/C8H15NO/c1-7(2)5-6-8(3)9-10-4/h5-6,9H,1-4H3/p+1/b8-6-. The lowest BCUT2D eigenvalue weighted by atomic mass is 10.3. The van der Waals surface area contributed by atoms with E-state index in [0.717, 1.165) is 5.70 Å². The van der Waals surface area contributed by atoms with Gasteiger partial charge in [-0.3, -0.25) is 0 Å². The van der Waals surface area contributed by atoms with Crippen molar-refractivity contribution in [1.29, 1.82) is 0 Å². The summed E-state index contributed by atoms with van der Waals surface area (Å²) >= 11 is 0. The third-order valence-electron chi connectivity index (χ3n) is 0.983. The van der Waals surface area contributed by atoms with E-state index in [1.807, 2.05) is 13.0 Å². The fraction of sp³-hybridized carbons (Fsp3) is 0.500. The van der Waals surface area contributed by atoms with E-state index in [1.54, 1.807) is 12.6 Å². The van der Waals surface area contributed by atoms with Crippen LogP contribution in [-0.2, 0) is 4.84 Å². The molecule has 0 radical (unpaired) electrons. The van der Waals surface area contributed by atoms with Crippen LogP contribution in [0, 0.1) is 0 Å².